The molecule has 110 valence electrons. The van der Waals surface area contributed by atoms with E-state index in [2.05, 4.69) is 5.32 Å². The molecule has 0 amide bonds. The molecule has 1 aromatic carbocycles. The average Bonchev–Trinajstić information content (AvgIpc) is 2.44. The lowest BCUT2D eigenvalue weighted by Crippen LogP contribution is -2.30. The van der Waals surface area contributed by atoms with Crippen molar-refractivity contribution in [3.63, 3.8) is 0 Å². The molecule has 2 atom stereocenters. The molecule has 2 rings (SSSR count). The van der Waals surface area contributed by atoms with Crippen molar-refractivity contribution in [3.8, 4) is 0 Å². The van der Waals surface area contributed by atoms with Crippen LogP contribution >= 0.6 is 0 Å². The highest BCUT2D eigenvalue weighted by atomic mass is 16.6. The summed E-state index contributed by atoms with van der Waals surface area (Å²) in [6.45, 7) is 1.81. The van der Waals surface area contributed by atoms with Crippen LogP contribution in [0.4, 0.5) is 5.69 Å². The van der Waals surface area contributed by atoms with Gasteiger partial charge >= 0.3 is 0 Å². The number of aliphatic hydroxyl groups is 1. The molecule has 1 saturated carbocycles. The summed E-state index contributed by atoms with van der Waals surface area (Å²) in [6, 6.07) is 6.72. The van der Waals surface area contributed by atoms with Gasteiger partial charge in [-0.05, 0) is 50.3 Å². The molecule has 1 fully saturated rings. The van der Waals surface area contributed by atoms with Crippen molar-refractivity contribution in [1.29, 1.82) is 0 Å². The molecule has 20 heavy (non-hydrogen) atoms. The van der Waals surface area contributed by atoms with E-state index in [1.807, 2.05) is 12.1 Å². The summed E-state index contributed by atoms with van der Waals surface area (Å²) in [5.41, 5.74) is 1.24. The van der Waals surface area contributed by atoms with Gasteiger partial charge in [0.1, 0.15) is 0 Å². The summed E-state index contributed by atoms with van der Waals surface area (Å²) in [7, 11) is 0. The predicted octanol–water partition coefficient (Wildman–Crippen LogP) is 2.28. The minimum absolute atomic E-state index is 0.120. The SMILES string of the molecule is O=[N+]([O-])c1ccc(CCNCC2CCCC(O)C2)cc1. The van der Waals surface area contributed by atoms with Gasteiger partial charge in [0.2, 0.25) is 0 Å². The van der Waals surface area contributed by atoms with Gasteiger partial charge in [-0.2, -0.15) is 0 Å². The number of non-ortho nitro benzene ring substituents is 1. The monoisotopic (exact) mass is 278 g/mol. The summed E-state index contributed by atoms with van der Waals surface area (Å²) in [5, 5.41) is 23.6. The van der Waals surface area contributed by atoms with Crippen LogP contribution in [0, 0.1) is 16.0 Å². The van der Waals surface area contributed by atoms with Gasteiger partial charge in [-0.15, -0.1) is 0 Å². The second-order valence-electron chi connectivity index (χ2n) is 5.56. The van der Waals surface area contributed by atoms with Gasteiger partial charge in [0.25, 0.3) is 5.69 Å². The van der Waals surface area contributed by atoms with E-state index in [0.29, 0.717) is 5.92 Å². The second-order valence-corrected chi connectivity index (χ2v) is 5.56. The van der Waals surface area contributed by atoms with Crippen molar-refractivity contribution in [3.05, 3.63) is 39.9 Å². The lowest BCUT2D eigenvalue weighted by Gasteiger charge is -2.26. The Kier molecular flexibility index (Phi) is 5.49. The minimum Gasteiger partial charge on any atom is -0.393 e. The van der Waals surface area contributed by atoms with Crippen LogP contribution in [0.25, 0.3) is 0 Å². The maximum absolute atomic E-state index is 10.5. The van der Waals surface area contributed by atoms with Gasteiger partial charge in [-0.1, -0.05) is 18.6 Å². The number of hydrogen-bond acceptors (Lipinski definition) is 4. The van der Waals surface area contributed by atoms with Crippen molar-refractivity contribution in [2.24, 2.45) is 5.92 Å². The van der Waals surface area contributed by atoms with Crippen molar-refractivity contribution in [2.45, 2.75) is 38.2 Å². The van der Waals surface area contributed by atoms with Crippen LogP contribution in [0.2, 0.25) is 0 Å². The molecular formula is C15H22N2O3. The fraction of sp³-hybridized carbons (Fsp3) is 0.600. The number of benzene rings is 1. The smallest absolute Gasteiger partial charge is 0.269 e. The molecule has 0 bridgehead atoms. The number of nitro groups is 1. The Morgan fingerprint density at radius 2 is 2.05 bits per heavy atom. The number of nitrogens with one attached hydrogen (secondary N) is 1. The van der Waals surface area contributed by atoms with E-state index in [9.17, 15) is 15.2 Å². The first-order valence-corrected chi connectivity index (χ1v) is 7.27. The van der Waals surface area contributed by atoms with E-state index in [4.69, 9.17) is 0 Å². The Balaban J connectivity index is 1.66. The molecule has 0 spiro atoms. The predicted molar refractivity (Wildman–Crippen MR) is 77.6 cm³/mol. The molecule has 0 saturated heterocycles. The molecule has 0 aromatic heterocycles. The summed E-state index contributed by atoms with van der Waals surface area (Å²) in [4.78, 5) is 10.2. The van der Waals surface area contributed by atoms with Crippen LogP contribution in [0.5, 0.6) is 0 Å². The lowest BCUT2D eigenvalue weighted by atomic mass is 9.87. The van der Waals surface area contributed by atoms with Gasteiger partial charge in [-0.25, -0.2) is 0 Å². The molecule has 0 heterocycles. The van der Waals surface area contributed by atoms with Crippen molar-refractivity contribution < 1.29 is 10.0 Å². The fourth-order valence-corrected chi connectivity index (χ4v) is 2.77. The summed E-state index contributed by atoms with van der Waals surface area (Å²) < 4.78 is 0. The maximum atomic E-state index is 10.5. The molecule has 1 aliphatic carbocycles. The highest BCUT2D eigenvalue weighted by Gasteiger charge is 2.19. The molecule has 2 unspecified atom stereocenters. The third-order valence-electron chi connectivity index (χ3n) is 3.93. The topological polar surface area (TPSA) is 75.4 Å². The highest BCUT2D eigenvalue weighted by molar-refractivity contribution is 5.32. The van der Waals surface area contributed by atoms with E-state index in [0.717, 1.165) is 44.3 Å². The second kappa shape index (κ2) is 7.36. The average molecular weight is 278 g/mol. The van der Waals surface area contributed by atoms with Gasteiger partial charge in [0, 0.05) is 12.1 Å². The number of nitrogens with zero attached hydrogens (tertiary/aromatic N) is 1. The first-order chi connectivity index (χ1) is 9.65. The minimum atomic E-state index is -0.379. The standard InChI is InChI=1S/C15H22N2O3/c18-15-3-1-2-13(10-15)11-16-9-8-12-4-6-14(7-5-12)17(19)20/h4-7,13,15-16,18H,1-3,8-11H2. The van der Waals surface area contributed by atoms with Gasteiger partial charge in [0.15, 0.2) is 0 Å². The molecule has 5 heteroatoms. The van der Waals surface area contributed by atoms with E-state index < -0.39 is 0 Å². The molecule has 1 aromatic rings. The third kappa shape index (κ3) is 4.58. The summed E-state index contributed by atoms with van der Waals surface area (Å²) in [6.07, 6.45) is 4.92. The Bertz CT molecular complexity index is 433. The Morgan fingerprint density at radius 3 is 2.70 bits per heavy atom. The molecule has 5 nitrogen and oxygen atoms in total. The normalized spacial score (nSPS) is 22.6. The summed E-state index contributed by atoms with van der Waals surface area (Å²) in [5.74, 6) is 0.579. The Labute approximate surface area is 119 Å². The van der Waals surface area contributed by atoms with E-state index >= 15 is 0 Å². The van der Waals surface area contributed by atoms with Crippen LogP contribution in [-0.2, 0) is 6.42 Å². The zero-order chi connectivity index (χ0) is 14.4. The lowest BCUT2D eigenvalue weighted by molar-refractivity contribution is -0.384. The van der Waals surface area contributed by atoms with Crippen LogP contribution in [0.1, 0.15) is 31.2 Å². The molecular weight excluding hydrogens is 256 g/mol. The van der Waals surface area contributed by atoms with Crippen LogP contribution < -0.4 is 5.32 Å². The molecule has 2 N–H and O–H groups in total. The quantitative estimate of drug-likeness (QED) is 0.475. The summed E-state index contributed by atoms with van der Waals surface area (Å²) >= 11 is 0. The first-order valence-electron chi connectivity index (χ1n) is 7.27. The Morgan fingerprint density at radius 1 is 1.30 bits per heavy atom. The van der Waals surface area contributed by atoms with Crippen LogP contribution in [0.3, 0.4) is 0 Å². The van der Waals surface area contributed by atoms with Crippen LogP contribution in [-0.4, -0.2) is 29.2 Å². The first kappa shape index (κ1) is 14.9. The van der Waals surface area contributed by atoms with E-state index in [1.54, 1.807) is 12.1 Å². The molecule has 1 aliphatic rings. The largest absolute Gasteiger partial charge is 0.393 e. The van der Waals surface area contributed by atoms with E-state index in [1.165, 1.54) is 6.42 Å². The number of aliphatic hydroxyl groups excluding tert-OH is 1. The zero-order valence-electron chi connectivity index (χ0n) is 11.6. The Hall–Kier alpha value is -1.46. The van der Waals surface area contributed by atoms with Crippen molar-refractivity contribution in [2.75, 3.05) is 13.1 Å². The molecule has 0 aliphatic heterocycles. The maximum Gasteiger partial charge on any atom is 0.269 e. The zero-order valence-corrected chi connectivity index (χ0v) is 11.6. The number of hydrogen-bond donors (Lipinski definition) is 2. The third-order valence-corrected chi connectivity index (χ3v) is 3.93. The van der Waals surface area contributed by atoms with Gasteiger partial charge < -0.3 is 10.4 Å². The fourth-order valence-electron chi connectivity index (χ4n) is 2.77. The van der Waals surface area contributed by atoms with Gasteiger partial charge in [-0.3, -0.25) is 10.1 Å². The van der Waals surface area contributed by atoms with Crippen molar-refractivity contribution >= 4 is 5.69 Å². The van der Waals surface area contributed by atoms with Crippen LogP contribution in [0.15, 0.2) is 24.3 Å². The van der Waals surface area contributed by atoms with Crippen molar-refractivity contribution in [1.82, 2.24) is 5.32 Å². The van der Waals surface area contributed by atoms with E-state index in [-0.39, 0.29) is 16.7 Å². The number of rotatable bonds is 6. The highest BCUT2D eigenvalue weighted by Crippen LogP contribution is 2.23. The van der Waals surface area contributed by atoms with Gasteiger partial charge in [0.05, 0.1) is 11.0 Å². The number of nitro benzene ring substituents is 1. The molecule has 0 radical (unpaired) electrons.